The van der Waals surface area contributed by atoms with Gasteiger partial charge in [-0.1, -0.05) is 30.3 Å². The highest BCUT2D eigenvalue weighted by Crippen LogP contribution is 2.21. The topological polar surface area (TPSA) is 58.6 Å². The van der Waals surface area contributed by atoms with Crippen molar-refractivity contribution in [3.05, 3.63) is 35.9 Å². The monoisotopic (exact) mass is 288 g/mol. The molecule has 0 bridgehead atoms. The van der Waals surface area contributed by atoms with Gasteiger partial charge in [-0.2, -0.15) is 0 Å². The van der Waals surface area contributed by atoms with E-state index in [0.29, 0.717) is 13.2 Å². The van der Waals surface area contributed by atoms with Gasteiger partial charge in [0, 0.05) is 6.54 Å². The smallest absolute Gasteiger partial charge is 0.248 e. The Morgan fingerprint density at radius 3 is 2.81 bits per heavy atom. The summed E-state index contributed by atoms with van der Waals surface area (Å²) in [4.78, 5) is 26.2. The Hall–Kier alpha value is -1.88. The predicted molar refractivity (Wildman–Crippen MR) is 77.4 cm³/mol. The maximum absolute atomic E-state index is 12.4. The normalized spacial score (nSPS) is 25.4. The largest absolute Gasteiger partial charge is 0.374 e. The zero-order valence-electron chi connectivity index (χ0n) is 12.0. The summed E-state index contributed by atoms with van der Waals surface area (Å²) in [7, 11) is 0. The lowest BCUT2D eigenvalue weighted by Gasteiger charge is -2.41. The molecule has 2 heterocycles. The van der Waals surface area contributed by atoms with Crippen LogP contribution < -0.4 is 5.32 Å². The second-order valence-corrected chi connectivity index (χ2v) is 5.61. The number of ether oxygens (including phenoxy) is 1. The molecular weight excluding hydrogens is 268 g/mol. The lowest BCUT2D eigenvalue weighted by Crippen LogP contribution is -2.65. The van der Waals surface area contributed by atoms with Gasteiger partial charge in [0.1, 0.15) is 12.1 Å². The molecule has 5 heteroatoms. The molecule has 0 unspecified atom stereocenters. The SMILES string of the molecule is O=C1N[C@@H](COCc2ccccc2)C(=O)N2CCCC[C@@H]12. The minimum absolute atomic E-state index is 0.00707. The summed E-state index contributed by atoms with van der Waals surface area (Å²) in [5, 5.41) is 2.80. The molecule has 3 rings (SSSR count). The highest BCUT2D eigenvalue weighted by atomic mass is 16.5. The van der Waals surface area contributed by atoms with E-state index in [9.17, 15) is 9.59 Å². The van der Waals surface area contributed by atoms with Crippen molar-refractivity contribution in [3.8, 4) is 0 Å². The number of hydrogen-bond donors (Lipinski definition) is 1. The first-order valence-corrected chi connectivity index (χ1v) is 7.48. The van der Waals surface area contributed by atoms with E-state index in [4.69, 9.17) is 4.74 Å². The number of amides is 2. The molecular formula is C16H20N2O3. The molecule has 0 radical (unpaired) electrons. The number of piperidine rings is 1. The van der Waals surface area contributed by atoms with Crippen LogP contribution in [0.4, 0.5) is 0 Å². The Balaban J connectivity index is 1.56. The summed E-state index contributed by atoms with van der Waals surface area (Å²) in [5.74, 6) is -0.0463. The predicted octanol–water partition coefficient (Wildman–Crippen LogP) is 1.08. The summed E-state index contributed by atoms with van der Waals surface area (Å²) in [6, 6.07) is 8.98. The van der Waals surface area contributed by atoms with Crippen LogP contribution in [0.25, 0.3) is 0 Å². The van der Waals surface area contributed by atoms with Crippen molar-refractivity contribution in [2.45, 2.75) is 38.0 Å². The van der Waals surface area contributed by atoms with Crippen molar-refractivity contribution in [2.24, 2.45) is 0 Å². The van der Waals surface area contributed by atoms with Crippen molar-refractivity contribution in [1.29, 1.82) is 0 Å². The van der Waals surface area contributed by atoms with Crippen LogP contribution in [0.5, 0.6) is 0 Å². The van der Waals surface area contributed by atoms with Crippen molar-refractivity contribution in [1.82, 2.24) is 10.2 Å². The van der Waals surface area contributed by atoms with Crippen molar-refractivity contribution >= 4 is 11.8 Å². The fourth-order valence-corrected chi connectivity index (χ4v) is 2.98. The molecule has 5 nitrogen and oxygen atoms in total. The highest BCUT2D eigenvalue weighted by Gasteiger charge is 2.41. The third kappa shape index (κ3) is 3.08. The molecule has 1 N–H and O–H groups in total. The van der Waals surface area contributed by atoms with Gasteiger partial charge in [0.2, 0.25) is 11.8 Å². The number of rotatable bonds is 4. The molecule has 112 valence electrons. The third-order valence-electron chi connectivity index (χ3n) is 4.10. The van der Waals surface area contributed by atoms with Gasteiger partial charge in [-0.25, -0.2) is 0 Å². The molecule has 2 atom stereocenters. The Bertz CT molecular complexity index is 518. The van der Waals surface area contributed by atoms with E-state index >= 15 is 0 Å². The van der Waals surface area contributed by atoms with Gasteiger partial charge < -0.3 is 15.0 Å². The molecule has 2 saturated heterocycles. The molecule has 21 heavy (non-hydrogen) atoms. The number of carbonyl (C=O) groups excluding carboxylic acids is 2. The van der Waals surface area contributed by atoms with E-state index in [-0.39, 0.29) is 24.5 Å². The first-order chi connectivity index (χ1) is 10.3. The Morgan fingerprint density at radius 1 is 1.19 bits per heavy atom. The molecule has 2 fully saturated rings. The minimum atomic E-state index is -0.546. The van der Waals surface area contributed by atoms with E-state index in [0.717, 1.165) is 24.8 Å². The van der Waals surface area contributed by atoms with E-state index in [1.165, 1.54) is 0 Å². The van der Waals surface area contributed by atoms with Gasteiger partial charge in [-0.05, 0) is 24.8 Å². The summed E-state index contributed by atoms with van der Waals surface area (Å²) >= 11 is 0. The average molecular weight is 288 g/mol. The number of carbonyl (C=O) groups is 2. The van der Waals surface area contributed by atoms with Crippen LogP contribution in [0.15, 0.2) is 30.3 Å². The zero-order chi connectivity index (χ0) is 14.7. The number of nitrogens with zero attached hydrogens (tertiary/aromatic N) is 1. The Morgan fingerprint density at radius 2 is 2.00 bits per heavy atom. The maximum atomic E-state index is 12.4. The number of benzene rings is 1. The third-order valence-corrected chi connectivity index (χ3v) is 4.10. The van der Waals surface area contributed by atoms with E-state index in [1.807, 2.05) is 30.3 Å². The summed E-state index contributed by atoms with van der Waals surface area (Å²) in [5.41, 5.74) is 1.06. The lowest BCUT2D eigenvalue weighted by molar-refractivity contribution is -0.153. The van der Waals surface area contributed by atoms with E-state index < -0.39 is 6.04 Å². The zero-order valence-corrected chi connectivity index (χ0v) is 12.0. The summed E-state index contributed by atoms with van der Waals surface area (Å²) in [6.07, 6.45) is 2.76. The molecule has 0 spiro atoms. The molecule has 0 aromatic heterocycles. The van der Waals surface area contributed by atoms with Crippen molar-refractivity contribution in [3.63, 3.8) is 0 Å². The van der Waals surface area contributed by atoms with E-state index in [1.54, 1.807) is 4.90 Å². The Labute approximate surface area is 124 Å². The fraction of sp³-hybridized carbons (Fsp3) is 0.500. The van der Waals surface area contributed by atoms with Crippen LogP contribution in [0.2, 0.25) is 0 Å². The van der Waals surface area contributed by atoms with Crippen LogP contribution in [0, 0.1) is 0 Å². The summed E-state index contributed by atoms with van der Waals surface area (Å²) in [6.45, 7) is 1.36. The average Bonchev–Trinajstić information content (AvgIpc) is 2.53. The maximum Gasteiger partial charge on any atom is 0.248 e. The summed E-state index contributed by atoms with van der Waals surface area (Å²) < 4.78 is 5.60. The fourth-order valence-electron chi connectivity index (χ4n) is 2.98. The van der Waals surface area contributed by atoms with Gasteiger partial charge >= 0.3 is 0 Å². The van der Waals surface area contributed by atoms with Gasteiger partial charge in [-0.3, -0.25) is 9.59 Å². The molecule has 2 amide bonds. The van der Waals surface area contributed by atoms with E-state index in [2.05, 4.69) is 5.32 Å². The van der Waals surface area contributed by atoms with Crippen LogP contribution in [0.3, 0.4) is 0 Å². The first-order valence-electron chi connectivity index (χ1n) is 7.48. The van der Waals surface area contributed by atoms with Crippen LogP contribution in [-0.4, -0.2) is 41.9 Å². The second-order valence-electron chi connectivity index (χ2n) is 5.61. The molecule has 0 saturated carbocycles. The molecule has 1 aromatic rings. The number of piperazine rings is 1. The van der Waals surface area contributed by atoms with Gasteiger partial charge in [0.15, 0.2) is 0 Å². The van der Waals surface area contributed by atoms with Gasteiger partial charge in [0.05, 0.1) is 13.2 Å². The van der Waals surface area contributed by atoms with Crippen molar-refractivity contribution in [2.75, 3.05) is 13.2 Å². The number of nitrogens with one attached hydrogen (secondary N) is 1. The number of hydrogen-bond acceptors (Lipinski definition) is 3. The Kier molecular flexibility index (Phi) is 4.20. The standard InChI is InChI=1S/C16H20N2O3/c19-15-14-8-4-5-9-18(14)16(20)13(17-15)11-21-10-12-6-2-1-3-7-12/h1-3,6-7,13-14H,4-5,8-11H2,(H,17,19)/t13-,14-/m0/s1. The molecule has 2 aliphatic heterocycles. The van der Waals surface area contributed by atoms with Crippen LogP contribution in [-0.2, 0) is 20.9 Å². The van der Waals surface area contributed by atoms with Crippen LogP contribution in [0.1, 0.15) is 24.8 Å². The minimum Gasteiger partial charge on any atom is -0.374 e. The highest BCUT2D eigenvalue weighted by molar-refractivity contribution is 5.97. The molecule has 2 aliphatic rings. The van der Waals surface area contributed by atoms with Crippen LogP contribution >= 0.6 is 0 Å². The molecule has 1 aromatic carbocycles. The first kappa shape index (κ1) is 14.1. The molecule has 0 aliphatic carbocycles. The van der Waals surface area contributed by atoms with Gasteiger partial charge in [-0.15, -0.1) is 0 Å². The lowest BCUT2D eigenvalue weighted by atomic mass is 9.97. The van der Waals surface area contributed by atoms with Gasteiger partial charge in [0.25, 0.3) is 0 Å². The second kappa shape index (κ2) is 6.26. The van der Waals surface area contributed by atoms with Crippen molar-refractivity contribution < 1.29 is 14.3 Å². The number of fused-ring (bicyclic) bond motifs is 1. The quantitative estimate of drug-likeness (QED) is 0.902.